The van der Waals surface area contributed by atoms with Crippen molar-refractivity contribution in [3.05, 3.63) is 30.5 Å². The second-order valence-corrected chi connectivity index (χ2v) is 5.53. The molecule has 0 saturated carbocycles. The van der Waals surface area contributed by atoms with Crippen molar-refractivity contribution in [3.8, 4) is 0 Å². The minimum absolute atomic E-state index is 0.735. The lowest BCUT2D eigenvalue weighted by molar-refractivity contribution is 0.345. The fourth-order valence-electron chi connectivity index (χ4n) is 2.97. The largest absolute Gasteiger partial charge is 0.397 e. The number of pyridine rings is 1. The number of rotatable bonds is 4. The van der Waals surface area contributed by atoms with Crippen molar-refractivity contribution < 1.29 is 0 Å². The highest BCUT2D eigenvalue weighted by Crippen LogP contribution is 2.27. The Morgan fingerprint density at radius 2 is 2.30 bits per heavy atom. The summed E-state index contributed by atoms with van der Waals surface area (Å²) in [7, 11) is 0. The van der Waals surface area contributed by atoms with Gasteiger partial charge >= 0.3 is 0 Å². The molecule has 1 atom stereocenters. The van der Waals surface area contributed by atoms with Gasteiger partial charge in [0.15, 0.2) is 0 Å². The second-order valence-electron chi connectivity index (χ2n) is 5.53. The van der Waals surface area contributed by atoms with Gasteiger partial charge in [0.05, 0.1) is 11.2 Å². The minimum atomic E-state index is 0.735. The van der Waals surface area contributed by atoms with Crippen molar-refractivity contribution >= 4 is 22.3 Å². The number of fused-ring (bicyclic) bond motifs is 1. The third-order valence-corrected chi connectivity index (χ3v) is 4.20. The molecule has 4 heteroatoms. The first-order chi connectivity index (χ1) is 9.78. The molecular formula is C16H22N4. The number of nitrogens with zero attached hydrogens (tertiary/aromatic N) is 2. The van der Waals surface area contributed by atoms with E-state index in [2.05, 4.69) is 34.3 Å². The molecule has 0 amide bonds. The molecule has 0 aliphatic carbocycles. The molecule has 1 aliphatic heterocycles. The highest BCUT2D eigenvalue weighted by Gasteiger charge is 2.20. The van der Waals surface area contributed by atoms with Gasteiger partial charge in [0.2, 0.25) is 0 Å². The molecule has 1 saturated heterocycles. The molecule has 3 rings (SSSR count). The first kappa shape index (κ1) is 13.2. The summed E-state index contributed by atoms with van der Waals surface area (Å²) in [6.07, 6.45) is 3.07. The number of nitrogens with one attached hydrogen (secondary N) is 1. The molecule has 2 aromatic rings. The van der Waals surface area contributed by atoms with E-state index in [1.807, 2.05) is 12.1 Å². The summed E-state index contributed by atoms with van der Waals surface area (Å²) in [5, 5.41) is 4.69. The first-order valence-electron chi connectivity index (χ1n) is 7.37. The topological polar surface area (TPSA) is 54.2 Å². The Balaban J connectivity index is 1.74. The van der Waals surface area contributed by atoms with Gasteiger partial charge in [-0.15, -0.1) is 0 Å². The van der Waals surface area contributed by atoms with Gasteiger partial charge in [0, 0.05) is 30.4 Å². The zero-order valence-corrected chi connectivity index (χ0v) is 12.0. The standard InChI is InChI=1S/C16H22N4/c1-2-20-9-7-12(11-20)10-19-15-6-5-14(17)16-13(15)4-3-8-18-16/h3-6,8,12,19H,2,7,9-11,17H2,1H3. The average molecular weight is 270 g/mol. The molecule has 106 valence electrons. The molecule has 2 heterocycles. The Hall–Kier alpha value is -1.81. The van der Waals surface area contributed by atoms with Gasteiger partial charge in [0.25, 0.3) is 0 Å². The van der Waals surface area contributed by atoms with Crippen LogP contribution in [0.1, 0.15) is 13.3 Å². The monoisotopic (exact) mass is 270 g/mol. The molecule has 1 aromatic carbocycles. The molecule has 1 aliphatic rings. The molecule has 4 nitrogen and oxygen atoms in total. The summed E-state index contributed by atoms with van der Waals surface area (Å²) in [4.78, 5) is 6.88. The predicted molar refractivity (Wildman–Crippen MR) is 84.9 cm³/mol. The quantitative estimate of drug-likeness (QED) is 0.838. The van der Waals surface area contributed by atoms with Crippen LogP contribution in [0.3, 0.4) is 0 Å². The zero-order valence-electron chi connectivity index (χ0n) is 12.0. The first-order valence-corrected chi connectivity index (χ1v) is 7.37. The fraction of sp³-hybridized carbons (Fsp3) is 0.438. The van der Waals surface area contributed by atoms with Crippen molar-refractivity contribution in [2.45, 2.75) is 13.3 Å². The molecule has 20 heavy (non-hydrogen) atoms. The number of hydrogen-bond acceptors (Lipinski definition) is 4. The molecule has 3 N–H and O–H groups in total. The third-order valence-electron chi connectivity index (χ3n) is 4.20. The van der Waals surface area contributed by atoms with Crippen LogP contribution < -0.4 is 11.1 Å². The minimum Gasteiger partial charge on any atom is -0.397 e. The van der Waals surface area contributed by atoms with E-state index < -0.39 is 0 Å². The predicted octanol–water partition coefficient (Wildman–Crippen LogP) is 2.57. The molecule has 0 radical (unpaired) electrons. The van der Waals surface area contributed by atoms with E-state index in [0.717, 1.165) is 41.3 Å². The van der Waals surface area contributed by atoms with E-state index in [-0.39, 0.29) is 0 Å². The van der Waals surface area contributed by atoms with Gasteiger partial charge in [-0.05, 0) is 49.7 Å². The van der Waals surface area contributed by atoms with E-state index in [9.17, 15) is 0 Å². The SMILES string of the molecule is CCN1CCC(CNc2ccc(N)c3ncccc23)C1. The molecule has 1 unspecified atom stereocenters. The van der Waals surface area contributed by atoms with Crippen LogP contribution in [-0.2, 0) is 0 Å². The summed E-state index contributed by atoms with van der Waals surface area (Å²) in [5.74, 6) is 0.735. The highest BCUT2D eigenvalue weighted by atomic mass is 15.1. The van der Waals surface area contributed by atoms with Gasteiger partial charge in [-0.1, -0.05) is 6.92 Å². The number of likely N-dealkylation sites (tertiary alicyclic amines) is 1. The molecule has 0 bridgehead atoms. The Bertz CT molecular complexity index is 596. The molecule has 0 spiro atoms. The van der Waals surface area contributed by atoms with Crippen LogP contribution in [0.5, 0.6) is 0 Å². The van der Waals surface area contributed by atoms with Crippen LogP contribution >= 0.6 is 0 Å². The van der Waals surface area contributed by atoms with Crippen LogP contribution in [0, 0.1) is 5.92 Å². The number of hydrogen-bond donors (Lipinski definition) is 2. The smallest absolute Gasteiger partial charge is 0.0951 e. The maximum absolute atomic E-state index is 5.98. The second kappa shape index (κ2) is 5.67. The fourth-order valence-corrected chi connectivity index (χ4v) is 2.97. The summed E-state index contributed by atoms with van der Waals surface area (Å²) >= 11 is 0. The van der Waals surface area contributed by atoms with E-state index in [1.165, 1.54) is 19.5 Å². The lowest BCUT2D eigenvalue weighted by atomic mass is 10.1. The van der Waals surface area contributed by atoms with E-state index in [1.54, 1.807) is 6.20 Å². The molecular weight excluding hydrogens is 248 g/mol. The highest BCUT2D eigenvalue weighted by molar-refractivity contribution is 5.98. The van der Waals surface area contributed by atoms with Crippen molar-refractivity contribution in [1.29, 1.82) is 0 Å². The van der Waals surface area contributed by atoms with Crippen LogP contribution in [0.15, 0.2) is 30.5 Å². The number of nitrogen functional groups attached to an aromatic ring is 1. The third kappa shape index (κ3) is 2.56. The van der Waals surface area contributed by atoms with Gasteiger partial charge in [-0.2, -0.15) is 0 Å². The lowest BCUT2D eigenvalue weighted by Crippen LogP contribution is -2.22. The Morgan fingerprint density at radius 1 is 1.40 bits per heavy atom. The van der Waals surface area contributed by atoms with E-state index in [4.69, 9.17) is 5.73 Å². The number of nitrogens with two attached hydrogens (primary N) is 1. The number of anilines is 2. The van der Waals surface area contributed by atoms with E-state index >= 15 is 0 Å². The van der Waals surface area contributed by atoms with Crippen LogP contribution in [0.2, 0.25) is 0 Å². The number of aromatic nitrogens is 1. The number of benzene rings is 1. The summed E-state index contributed by atoms with van der Waals surface area (Å²) in [6, 6.07) is 8.03. The maximum Gasteiger partial charge on any atom is 0.0951 e. The summed E-state index contributed by atoms with van der Waals surface area (Å²) in [5.41, 5.74) is 8.75. The van der Waals surface area contributed by atoms with Gasteiger partial charge in [-0.3, -0.25) is 4.98 Å². The maximum atomic E-state index is 5.98. The van der Waals surface area contributed by atoms with Gasteiger partial charge < -0.3 is 16.0 Å². The van der Waals surface area contributed by atoms with Crippen molar-refractivity contribution in [1.82, 2.24) is 9.88 Å². The van der Waals surface area contributed by atoms with Crippen molar-refractivity contribution in [2.75, 3.05) is 37.2 Å². The Labute approximate surface area is 120 Å². The van der Waals surface area contributed by atoms with Crippen LogP contribution in [0.4, 0.5) is 11.4 Å². The van der Waals surface area contributed by atoms with Gasteiger partial charge in [0.1, 0.15) is 0 Å². The Morgan fingerprint density at radius 3 is 3.10 bits per heavy atom. The Kier molecular flexibility index (Phi) is 3.74. The van der Waals surface area contributed by atoms with Gasteiger partial charge in [-0.25, -0.2) is 0 Å². The average Bonchev–Trinajstić information content (AvgIpc) is 2.95. The molecule has 1 aromatic heterocycles. The lowest BCUT2D eigenvalue weighted by Gasteiger charge is -2.15. The van der Waals surface area contributed by atoms with Crippen LogP contribution in [0.25, 0.3) is 10.9 Å². The normalized spacial score (nSPS) is 19.6. The zero-order chi connectivity index (χ0) is 13.9. The summed E-state index contributed by atoms with van der Waals surface area (Å²) in [6.45, 7) is 6.84. The van der Waals surface area contributed by atoms with Crippen LogP contribution in [-0.4, -0.2) is 36.1 Å². The summed E-state index contributed by atoms with van der Waals surface area (Å²) < 4.78 is 0. The van der Waals surface area contributed by atoms with Crippen molar-refractivity contribution in [2.24, 2.45) is 5.92 Å². The van der Waals surface area contributed by atoms with E-state index in [0.29, 0.717) is 0 Å². The van der Waals surface area contributed by atoms with Crippen molar-refractivity contribution in [3.63, 3.8) is 0 Å². The molecule has 1 fully saturated rings.